The predicted molar refractivity (Wildman–Crippen MR) is 64.1 cm³/mol. The topological polar surface area (TPSA) is 41.5 Å². The first-order valence-corrected chi connectivity index (χ1v) is 6.10. The molecular weight excluding hydrogens is 190 g/mol. The van der Waals surface area contributed by atoms with Crippen LogP contribution in [0.2, 0.25) is 0 Å². The first kappa shape index (κ1) is 14.9. The third kappa shape index (κ3) is 8.85. The average Bonchev–Trinajstić information content (AvgIpc) is 2.23. The smallest absolute Gasteiger partial charge is 0.0615 e. The molecule has 3 nitrogen and oxygen atoms in total. The van der Waals surface area contributed by atoms with Crippen LogP contribution in [-0.4, -0.2) is 37.5 Å². The fraction of sp³-hybridized carbons (Fsp3) is 1.00. The van der Waals surface area contributed by atoms with E-state index in [2.05, 4.69) is 19.2 Å². The lowest BCUT2D eigenvalue weighted by Crippen LogP contribution is -2.39. The number of aliphatic hydroxyl groups is 1. The van der Waals surface area contributed by atoms with Gasteiger partial charge in [0.05, 0.1) is 6.61 Å². The summed E-state index contributed by atoms with van der Waals surface area (Å²) >= 11 is 0. The molecule has 0 fully saturated rings. The minimum Gasteiger partial charge on any atom is -0.396 e. The van der Waals surface area contributed by atoms with Crippen LogP contribution in [0.25, 0.3) is 0 Å². The zero-order chi connectivity index (χ0) is 11.5. The van der Waals surface area contributed by atoms with Crippen molar-refractivity contribution in [1.29, 1.82) is 0 Å². The summed E-state index contributed by atoms with van der Waals surface area (Å²) in [7, 11) is 1.75. The molecule has 15 heavy (non-hydrogen) atoms. The highest BCUT2D eigenvalue weighted by molar-refractivity contribution is 4.71. The maximum absolute atomic E-state index is 8.74. The number of rotatable bonds is 10. The second-order valence-corrected chi connectivity index (χ2v) is 4.23. The minimum absolute atomic E-state index is 0.288. The standard InChI is InChI=1S/C12H27NO2/c1-4-5-8-12(10-15-3)13-11(2)7-6-9-14/h11-14H,4-10H2,1-3H3. The molecule has 0 saturated heterocycles. The van der Waals surface area contributed by atoms with Crippen LogP contribution in [0.15, 0.2) is 0 Å². The fourth-order valence-corrected chi connectivity index (χ4v) is 1.75. The predicted octanol–water partition coefficient (Wildman–Crippen LogP) is 1.94. The Morgan fingerprint density at radius 1 is 1.27 bits per heavy atom. The van der Waals surface area contributed by atoms with Crippen LogP contribution in [0.4, 0.5) is 0 Å². The molecule has 0 aliphatic heterocycles. The third-order valence-corrected chi connectivity index (χ3v) is 2.59. The molecule has 0 spiro atoms. The number of ether oxygens (including phenoxy) is 1. The van der Waals surface area contributed by atoms with Crippen LogP contribution in [0.1, 0.15) is 46.0 Å². The van der Waals surface area contributed by atoms with Gasteiger partial charge in [0.1, 0.15) is 0 Å². The Labute approximate surface area is 94.2 Å². The Kier molecular flexibility index (Phi) is 10.3. The first-order valence-electron chi connectivity index (χ1n) is 6.10. The monoisotopic (exact) mass is 217 g/mol. The minimum atomic E-state index is 0.288. The van der Waals surface area contributed by atoms with Crippen molar-refractivity contribution >= 4 is 0 Å². The fourth-order valence-electron chi connectivity index (χ4n) is 1.75. The van der Waals surface area contributed by atoms with Crippen LogP contribution >= 0.6 is 0 Å². The molecule has 0 bridgehead atoms. The molecule has 0 aliphatic rings. The van der Waals surface area contributed by atoms with Gasteiger partial charge in [0, 0.05) is 25.8 Å². The van der Waals surface area contributed by atoms with Crippen molar-refractivity contribution in [2.24, 2.45) is 0 Å². The van der Waals surface area contributed by atoms with Crippen molar-refractivity contribution in [2.45, 2.75) is 58.0 Å². The molecule has 2 unspecified atom stereocenters. The lowest BCUT2D eigenvalue weighted by molar-refractivity contribution is 0.154. The van der Waals surface area contributed by atoms with E-state index in [1.165, 1.54) is 19.3 Å². The molecule has 0 saturated carbocycles. The maximum Gasteiger partial charge on any atom is 0.0615 e. The van der Waals surface area contributed by atoms with Gasteiger partial charge in [0.25, 0.3) is 0 Å². The van der Waals surface area contributed by atoms with Crippen LogP contribution in [0.5, 0.6) is 0 Å². The van der Waals surface area contributed by atoms with Crippen LogP contribution < -0.4 is 5.32 Å². The Hall–Kier alpha value is -0.120. The summed E-state index contributed by atoms with van der Waals surface area (Å²) in [6.07, 6.45) is 5.55. The van der Waals surface area contributed by atoms with Crippen molar-refractivity contribution < 1.29 is 9.84 Å². The van der Waals surface area contributed by atoms with E-state index < -0.39 is 0 Å². The van der Waals surface area contributed by atoms with E-state index in [0.717, 1.165) is 19.4 Å². The quantitative estimate of drug-likeness (QED) is 0.587. The van der Waals surface area contributed by atoms with Crippen molar-refractivity contribution in [2.75, 3.05) is 20.3 Å². The van der Waals surface area contributed by atoms with Gasteiger partial charge in [0.2, 0.25) is 0 Å². The maximum atomic E-state index is 8.74. The highest BCUT2D eigenvalue weighted by Gasteiger charge is 2.10. The van der Waals surface area contributed by atoms with Gasteiger partial charge >= 0.3 is 0 Å². The molecule has 0 amide bonds. The van der Waals surface area contributed by atoms with E-state index in [-0.39, 0.29) is 6.61 Å². The van der Waals surface area contributed by atoms with Crippen LogP contribution in [0.3, 0.4) is 0 Å². The molecule has 2 atom stereocenters. The van der Waals surface area contributed by atoms with Gasteiger partial charge in [0.15, 0.2) is 0 Å². The second kappa shape index (κ2) is 10.4. The van der Waals surface area contributed by atoms with E-state index in [1.54, 1.807) is 7.11 Å². The molecule has 2 N–H and O–H groups in total. The molecule has 0 radical (unpaired) electrons. The summed E-state index contributed by atoms with van der Waals surface area (Å²) in [6, 6.07) is 0.929. The van der Waals surface area contributed by atoms with E-state index in [4.69, 9.17) is 9.84 Å². The molecule has 0 rings (SSSR count). The Morgan fingerprint density at radius 2 is 2.00 bits per heavy atom. The van der Waals surface area contributed by atoms with Crippen molar-refractivity contribution in [3.63, 3.8) is 0 Å². The first-order chi connectivity index (χ1) is 7.24. The highest BCUT2D eigenvalue weighted by Crippen LogP contribution is 2.04. The number of nitrogens with one attached hydrogen (secondary N) is 1. The number of unbranched alkanes of at least 4 members (excludes halogenated alkanes) is 1. The largest absolute Gasteiger partial charge is 0.396 e. The van der Waals surface area contributed by atoms with Gasteiger partial charge in [-0.25, -0.2) is 0 Å². The molecule has 3 heteroatoms. The van der Waals surface area contributed by atoms with Gasteiger partial charge in [-0.3, -0.25) is 0 Å². The summed E-state index contributed by atoms with van der Waals surface area (Å²) in [4.78, 5) is 0. The summed E-state index contributed by atoms with van der Waals surface area (Å²) in [5.41, 5.74) is 0. The Bertz CT molecular complexity index is 131. The van der Waals surface area contributed by atoms with Crippen LogP contribution in [0, 0.1) is 0 Å². The van der Waals surface area contributed by atoms with Gasteiger partial charge in [-0.05, 0) is 26.2 Å². The zero-order valence-electron chi connectivity index (χ0n) is 10.5. The Balaban J connectivity index is 3.70. The molecule has 92 valence electrons. The van der Waals surface area contributed by atoms with Gasteiger partial charge in [-0.15, -0.1) is 0 Å². The van der Waals surface area contributed by atoms with Crippen molar-refractivity contribution in [3.05, 3.63) is 0 Å². The van der Waals surface area contributed by atoms with Gasteiger partial charge in [-0.2, -0.15) is 0 Å². The van der Waals surface area contributed by atoms with E-state index in [0.29, 0.717) is 12.1 Å². The normalized spacial score (nSPS) is 15.2. The average molecular weight is 217 g/mol. The number of hydrogen-bond donors (Lipinski definition) is 2. The van der Waals surface area contributed by atoms with Gasteiger partial charge in [-0.1, -0.05) is 19.8 Å². The summed E-state index contributed by atoms with van der Waals surface area (Å²) in [5.74, 6) is 0. The molecule has 0 aromatic heterocycles. The van der Waals surface area contributed by atoms with E-state index in [1.807, 2.05) is 0 Å². The number of methoxy groups -OCH3 is 1. The molecular formula is C12H27NO2. The number of aliphatic hydroxyl groups excluding tert-OH is 1. The lowest BCUT2D eigenvalue weighted by atomic mass is 10.1. The lowest BCUT2D eigenvalue weighted by Gasteiger charge is -2.22. The summed E-state index contributed by atoms with van der Waals surface area (Å²) in [6.45, 7) is 5.45. The third-order valence-electron chi connectivity index (χ3n) is 2.59. The summed E-state index contributed by atoms with van der Waals surface area (Å²) < 4.78 is 5.19. The molecule has 0 aliphatic carbocycles. The number of hydrogen-bond acceptors (Lipinski definition) is 3. The molecule has 0 aromatic rings. The SMILES string of the molecule is CCCCC(COC)NC(C)CCCO. The molecule has 0 heterocycles. The van der Waals surface area contributed by atoms with E-state index >= 15 is 0 Å². The van der Waals surface area contributed by atoms with Crippen molar-refractivity contribution in [3.8, 4) is 0 Å². The Morgan fingerprint density at radius 3 is 2.53 bits per heavy atom. The highest BCUT2D eigenvalue weighted by atomic mass is 16.5. The molecule has 0 aromatic carbocycles. The van der Waals surface area contributed by atoms with E-state index in [9.17, 15) is 0 Å². The van der Waals surface area contributed by atoms with Gasteiger partial charge < -0.3 is 15.2 Å². The van der Waals surface area contributed by atoms with Crippen LogP contribution in [-0.2, 0) is 4.74 Å². The second-order valence-electron chi connectivity index (χ2n) is 4.23. The van der Waals surface area contributed by atoms with Crippen molar-refractivity contribution in [1.82, 2.24) is 5.32 Å². The summed E-state index contributed by atoms with van der Waals surface area (Å²) in [5, 5.41) is 12.3. The zero-order valence-corrected chi connectivity index (χ0v) is 10.5.